The Bertz CT molecular complexity index is 318. The molecule has 0 amide bonds. The highest BCUT2D eigenvalue weighted by molar-refractivity contribution is 5.89. The smallest absolute Gasteiger partial charge is 0.338 e. The van der Waals surface area contributed by atoms with Crippen LogP contribution in [0.2, 0.25) is 0 Å². The molecule has 2 N–H and O–H groups in total. The minimum Gasteiger partial charge on any atom is -0.459 e. The van der Waals surface area contributed by atoms with E-state index in [9.17, 15) is 4.79 Å². The predicted molar refractivity (Wildman–Crippen MR) is 54.6 cm³/mol. The maximum absolute atomic E-state index is 11.4. The Morgan fingerprint density at radius 3 is 2.53 bits per heavy atom. The molecule has 0 aliphatic rings. The molecular weight excluding hydrogens is 196 g/mol. The first-order valence-electron chi connectivity index (χ1n) is 4.66. The van der Waals surface area contributed by atoms with Gasteiger partial charge in [-0.25, -0.2) is 4.79 Å². The molecule has 1 aromatic carbocycles. The summed E-state index contributed by atoms with van der Waals surface area (Å²) in [5.74, 6) is -0.498. The van der Waals surface area contributed by atoms with Gasteiger partial charge in [0.15, 0.2) is 0 Å². The van der Waals surface area contributed by atoms with Gasteiger partial charge in [-0.05, 0) is 19.1 Å². The summed E-state index contributed by atoms with van der Waals surface area (Å²) >= 11 is 0. The number of aliphatic hydroxyl groups is 2. The quantitative estimate of drug-likeness (QED) is 0.710. The third kappa shape index (κ3) is 3.69. The summed E-state index contributed by atoms with van der Waals surface area (Å²) in [5, 5.41) is 17.5. The van der Waals surface area contributed by atoms with Crippen molar-refractivity contribution in [2.45, 2.75) is 13.0 Å². The third-order valence-electron chi connectivity index (χ3n) is 1.90. The van der Waals surface area contributed by atoms with E-state index in [0.29, 0.717) is 5.56 Å². The molecule has 4 nitrogen and oxygen atoms in total. The van der Waals surface area contributed by atoms with E-state index in [1.165, 1.54) is 0 Å². The van der Waals surface area contributed by atoms with Gasteiger partial charge in [-0.15, -0.1) is 0 Å². The number of esters is 1. The van der Waals surface area contributed by atoms with E-state index >= 15 is 0 Å². The number of hydrogen-bond acceptors (Lipinski definition) is 4. The number of carbonyl (C=O) groups excluding carboxylic acids is 1. The average Bonchev–Trinajstić information content (AvgIpc) is 2.26. The number of ether oxygens (including phenoxy) is 1. The van der Waals surface area contributed by atoms with Crippen LogP contribution < -0.4 is 0 Å². The number of aryl methyl sites for hydroxylation is 1. The highest BCUT2D eigenvalue weighted by Crippen LogP contribution is 2.04. The molecule has 0 saturated heterocycles. The lowest BCUT2D eigenvalue weighted by atomic mass is 10.1. The second-order valence-electron chi connectivity index (χ2n) is 3.30. The molecule has 15 heavy (non-hydrogen) atoms. The molecule has 0 saturated carbocycles. The topological polar surface area (TPSA) is 66.8 Å². The Hall–Kier alpha value is -1.39. The van der Waals surface area contributed by atoms with Crippen molar-refractivity contribution in [2.75, 3.05) is 13.2 Å². The second kappa shape index (κ2) is 5.48. The summed E-state index contributed by atoms with van der Waals surface area (Å²) in [6, 6.07) is 6.92. The highest BCUT2D eigenvalue weighted by atomic mass is 16.5. The van der Waals surface area contributed by atoms with Gasteiger partial charge in [0.05, 0.1) is 12.2 Å². The minimum atomic E-state index is -1.01. The molecule has 0 aliphatic carbocycles. The van der Waals surface area contributed by atoms with E-state index in [2.05, 4.69) is 0 Å². The van der Waals surface area contributed by atoms with Crippen LogP contribution in [0, 0.1) is 6.92 Å². The van der Waals surface area contributed by atoms with Crippen LogP contribution in [0.3, 0.4) is 0 Å². The molecule has 82 valence electrons. The maximum Gasteiger partial charge on any atom is 0.338 e. The number of aliphatic hydroxyl groups excluding tert-OH is 2. The molecule has 1 rings (SSSR count). The molecule has 0 heterocycles. The van der Waals surface area contributed by atoms with Crippen LogP contribution in [0.5, 0.6) is 0 Å². The molecule has 0 radical (unpaired) electrons. The SMILES string of the molecule is Cc1ccc(C(=O)OCC(O)CO)cc1. The van der Waals surface area contributed by atoms with Gasteiger partial charge in [0.25, 0.3) is 0 Å². The first-order chi connectivity index (χ1) is 7.13. The van der Waals surface area contributed by atoms with Crippen LogP contribution in [0.1, 0.15) is 15.9 Å². The highest BCUT2D eigenvalue weighted by Gasteiger charge is 2.09. The van der Waals surface area contributed by atoms with E-state index in [-0.39, 0.29) is 6.61 Å². The lowest BCUT2D eigenvalue weighted by Gasteiger charge is -2.08. The molecule has 0 spiro atoms. The summed E-state index contributed by atoms with van der Waals surface area (Å²) in [6.07, 6.45) is -1.01. The van der Waals surface area contributed by atoms with Crippen molar-refractivity contribution in [1.29, 1.82) is 0 Å². The van der Waals surface area contributed by atoms with Crippen molar-refractivity contribution in [2.24, 2.45) is 0 Å². The van der Waals surface area contributed by atoms with Gasteiger partial charge in [0.2, 0.25) is 0 Å². The minimum absolute atomic E-state index is 0.191. The molecular formula is C11H14O4. The molecule has 0 aromatic heterocycles. The van der Waals surface area contributed by atoms with Crippen LogP contribution in [0.25, 0.3) is 0 Å². The normalized spacial score (nSPS) is 12.2. The molecule has 4 heteroatoms. The van der Waals surface area contributed by atoms with E-state index in [4.69, 9.17) is 14.9 Å². The van der Waals surface area contributed by atoms with Crippen LogP contribution in [-0.2, 0) is 4.74 Å². The molecule has 1 aromatic rings. The van der Waals surface area contributed by atoms with Gasteiger partial charge >= 0.3 is 5.97 Å². The summed E-state index contributed by atoms with van der Waals surface area (Å²) < 4.78 is 4.77. The molecule has 0 aliphatic heterocycles. The summed E-state index contributed by atoms with van der Waals surface area (Å²) in [5.41, 5.74) is 1.49. The Kier molecular flexibility index (Phi) is 4.27. The standard InChI is InChI=1S/C11H14O4/c1-8-2-4-9(5-3-8)11(14)15-7-10(13)6-12/h2-5,10,12-13H,6-7H2,1H3. The largest absolute Gasteiger partial charge is 0.459 e. The Morgan fingerprint density at radius 1 is 1.40 bits per heavy atom. The third-order valence-corrected chi connectivity index (χ3v) is 1.90. The zero-order valence-electron chi connectivity index (χ0n) is 8.51. The number of rotatable bonds is 4. The van der Waals surface area contributed by atoms with Gasteiger partial charge in [0, 0.05) is 0 Å². The van der Waals surface area contributed by atoms with E-state index in [1.54, 1.807) is 24.3 Å². The number of benzene rings is 1. The number of carbonyl (C=O) groups is 1. The van der Waals surface area contributed by atoms with Crippen molar-refractivity contribution in [3.05, 3.63) is 35.4 Å². The maximum atomic E-state index is 11.4. The fourth-order valence-electron chi connectivity index (χ4n) is 0.998. The lowest BCUT2D eigenvalue weighted by molar-refractivity contribution is 0.00933. The van der Waals surface area contributed by atoms with Crippen molar-refractivity contribution in [1.82, 2.24) is 0 Å². The molecule has 0 bridgehead atoms. The first-order valence-corrected chi connectivity index (χ1v) is 4.66. The Morgan fingerprint density at radius 2 is 2.00 bits per heavy atom. The molecule has 1 atom stereocenters. The van der Waals surface area contributed by atoms with Gasteiger partial charge in [0.1, 0.15) is 12.7 Å². The van der Waals surface area contributed by atoms with Gasteiger partial charge in [-0.1, -0.05) is 17.7 Å². The van der Waals surface area contributed by atoms with Crippen molar-refractivity contribution in [3.8, 4) is 0 Å². The fraction of sp³-hybridized carbons (Fsp3) is 0.364. The Labute approximate surface area is 88.1 Å². The summed E-state index contributed by atoms with van der Waals surface area (Å²) in [7, 11) is 0. The van der Waals surface area contributed by atoms with Crippen molar-refractivity contribution >= 4 is 5.97 Å². The zero-order valence-corrected chi connectivity index (χ0v) is 8.51. The average molecular weight is 210 g/mol. The zero-order chi connectivity index (χ0) is 11.3. The molecule has 1 unspecified atom stereocenters. The van der Waals surface area contributed by atoms with Crippen LogP contribution in [-0.4, -0.2) is 35.5 Å². The van der Waals surface area contributed by atoms with E-state index < -0.39 is 18.7 Å². The first kappa shape index (κ1) is 11.7. The van der Waals surface area contributed by atoms with E-state index in [1.807, 2.05) is 6.92 Å². The van der Waals surface area contributed by atoms with E-state index in [0.717, 1.165) is 5.56 Å². The van der Waals surface area contributed by atoms with Gasteiger partial charge in [-0.2, -0.15) is 0 Å². The van der Waals surface area contributed by atoms with Crippen LogP contribution >= 0.6 is 0 Å². The lowest BCUT2D eigenvalue weighted by Crippen LogP contribution is -2.21. The Balaban J connectivity index is 2.50. The van der Waals surface area contributed by atoms with Gasteiger partial charge in [-0.3, -0.25) is 0 Å². The second-order valence-corrected chi connectivity index (χ2v) is 3.30. The fourth-order valence-corrected chi connectivity index (χ4v) is 0.998. The van der Waals surface area contributed by atoms with Crippen molar-refractivity contribution in [3.63, 3.8) is 0 Å². The van der Waals surface area contributed by atoms with Crippen molar-refractivity contribution < 1.29 is 19.7 Å². The van der Waals surface area contributed by atoms with Crippen LogP contribution in [0.4, 0.5) is 0 Å². The van der Waals surface area contributed by atoms with Gasteiger partial charge < -0.3 is 14.9 Å². The summed E-state index contributed by atoms with van der Waals surface area (Å²) in [4.78, 5) is 11.4. The molecule has 0 fully saturated rings. The summed E-state index contributed by atoms with van der Waals surface area (Å²) in [6.45, 7) is 1.31. The predicted octanol–water partition coefficient (Wildman–Crippen LogP) is 0.505. The number of hydrogen-bond donors (Lipinski definition) is 2. The van der Waals surface area contributed by atoms with Crippen LogP contribution in [0.15, 0.2) is 24.3 Å². The monoisotopic (exact) mass is 210 g/mol.